The first-order chi connectivity index (χ1) is 9.50. The Balaban J connectivity index is 1.94. The third kappa shape index (κ3) is 3.82. The van der Waals surface area contributed by atoms with Crippen molar-refractivity contribution in [3.8, 4) is 6.07 Å². The molecule has 20 heavy (non-hydrogen) atoms. The summed E-state index contributed by atoms with van der Waals surface area (Å²) < 4.78 is 0. The van der Waals surface area contributed by atoms with Gasteiger partial charge < -0.3 is 5.32 Å². The summed E-state index contributed by atoms with van der Waals surface area (Å²) in [6.07, 6.45) is 0.991. The minimum Gasteiger partial charge on any atom is -0.315 e. The Hall–Kier alpha value is -1.85. The quantitative estimate of drug-likeness (QED) is 0.835. The number of rotatable bonds is 5. The van der Waals surface area contributed by atoms with Crippen molar-refractivity contribution in [2.45, 2.75) is 27.2 Å². The highest BCUT2D eigenvalue weighted by atomic mass is 14.9. The second kappa shape index (κ2) is 6.07. The van der Waals surface area contributed by atoms with Crippen LogP contribution in [0.2, 0.25) is 0 Å². The van der Waals surface area contributed by atoms with Crippen molar-refractivity contribution < 1.29 is 0 Å². The molecule has 0 spiro atoms. The fraction of sp³-hybridized carbons (Fsp3) is 0.389. The normalized spacial score (nSPS) is 11.5. The highest BCUT2D eigenvalue weighted by Gasteiger charge is 2.15. The Bertz CT molecular complexity index is 635. The van der Waals surface area contributed by atoms with Crippen LogP contribution in [0.3, 0.4) is 0 Å². The van der Waals surface area contributed by atoms with Gasteiger partial charge in [0, 0.05) is 6.54 Å². The summed E-state index contributed by atoms with van der Waals surface area (Å²) in [7, 11) is 0. The fourth-order valence-electron chi connectivity index (χ4n) is 2.24. The van der Waals surface area contributed by atoms with E-state index in [9.17, 15) is 0 Å². The van der Waals surface area contributed by atoms with E-state index in [0.29, 0.717) is 0 Å². The van der Waals surface area contributed by atoms with Gasteiger partial charge in [-0.25, -0.2) is 0 Å². The van der Waals surface area contributed by atoms with Gasteiger partial charge in [-0.15, -0.1) is 0 Å². The number of benzene rings is 2. The van der Waals surface area contributed by atoms with Gasteiger partial charge in [-0.05, 0) is 50.1 Å². The Kier molecular flexibility index (Phi) is 4.42. The number of fused-ring (bicyclic) bond motifs is 1. The van der Waals surface area contributed by atoms with Gasteiger partial charge in [0.1, 0.15) is 0 Å². The van der Waals surface area contributed by atoms with Gasteiger partial charge in [0.2, 0.25) is 0 Å². The number of nitrogens with one attached hydrogen (secondary N) is 1. The average molecular weight is 266 g/mol. The average Bonchev–Trinajstić information content (AvgIpc) is 2.43. The molecule has 2 aromatic carbocycles. The van der Waals surface area contributed by atoms with E-state index in [-0.39, 0.29) is 5.41 Å². The predicted octanol–water partition coefficient (Wildman–Crippen LogP) is 3.83. The molecule has 0 bridgehead atoms. The van der Waals surface area contributed by atoms with E-state index in [0.717, 1.165) is 19.5 Å². The zero-order chi connectivity index (χ0) is 14.6. The molecule has 0 heterocycles. The zero-order valence-electron chi connectivity index (χ0n) is 12.5. The Morgan fingerprint density at radius 2 is 1.80 bits per heavy atom. The molecule has 104 valence electrons. The van der Waals surface area contributed by atoms with Crippen molar-refractivity contribution in [2.24, 2.45) is 5.41 Å². The lowest BCUT2D eigenvalue weighted by atomic mass is 9.96. The van der Waals surface area contributed by atoms with Crippen molar-refractivity contribution in [1.82, 2.24) is 5.32 Å². The largest absolute Gasteiger partial charge is 0.315 e. The van der Waals surface area contributed by atoms with E-state index >= 15 is 0 Å². The van der Waals surface area contributed by atoms with Gasteiger partial charge in [-0.1, -0.05) is 42.0 Å². The molecular weight excluding hydrogens is 244 g/mol. The predicted molar refractivity (Wildman–Crippen MR) is 84.7 cm³/mol. The van der Waals surface area contributed by atoms with Crippen LogP contribution < -0.4 is 5.32 Å². The molecule has 2 aromatic rings. The highest BCUT2D eigenvalue weighted by molar-refractivity contribution is 5.83. The van der Waals surface area contributed by atoms with Crippen molar-refractivity contribution >= 4 is 10.8 Å². The van der Waals surface area contributed by atoms with Gasteiger partial charge in [0.25, 0.3) is 0 Å². The van der Waals surface area contributed by atoms with E-state index in [2.05, 4.69) is 54.7 Å². The first-order valence-corrected chi connectivity index (χ1v) is 7.11. The number of aryl methyl sites for hydroxylation is 1. The summed E-state index contributed by atoms with van der Waals surface area (Å²) in [5.41, 5.74) is 2.34. The maximum absolute atomic E-state index is 8.96. The number of hydrogen-bond donors (Lipinski definition) is 1. The van der Waals surface area contributed by atoms with Crippen LogP contribution in [0.4, 0.5) is 0 Å². The Morgan fingerprint density at radius 3 is 2.55 bits per heavy atom. The molecule has 0 amide bonds. The van der Waals surface area contributed by atoms with E-state index in [1.165, 1.54) is 21.9 Å². The minimum absolute atomic E-state index is 0.291. The number of hydrogen-bond acceptors (Lipinski definition) is 2. The molecule has 0 fully saturated rings. The van der Waals surface area contributed by atoms with Crippen LogP contribution in [0.1, 0.15) is 25.0 Å². The molecular formula is C18H22N2. The first kappa shape index (κ1) is 14.6. The van der Waals surface area contributed by atoms with Crippen molar-refractivity contribution in [1.29, 1.82) is 5.26 Å². The van der Waals surface area contributed by atoms with Crippen LogP contribution >= 0.6 is 0 Å². The topological polar surface area (TPSA) is 35.8 Å². The van der Waals surface area contributed by atoms with Crippen LogP contribution in [0, 0.1) is 23.7 Å². The molecule has 0 aliphatic carbocycles. The molecule has 0 radical (unpaired) electrons. The molecule has 2 nitrogen and oxygen atoms in total. The third-order valence-corrected chi connectivity index (χ3v) is 3.52. The van der Waals surface area contributed by atoms with Gasteiger partial charge in [0.05, 0.1) is 11.5 Å². The summed E-state index contributed by atoms with van der Waals surface area (Å²) in [5.74, 6) is 0. The second-order valence-corrected chi connectivity index (χ2v) is 6.11. The summed E-state index contributed by atoms with van der Waals surface area (Å²) in [5, 5.41) is 14.9. The first-order valence-electron chi connectivity index (χ1n) is 7.11. The van der Waals surface area contributed by atoms with Crippen molar-refractivity contribution in [3.63, 3.8) is 0 Å². The highest BCUT2D eigenvalue weighted by Crippen LogP contribution is 2.18. The van der Waals surface area contributed by atoms with Gasteiger partial charge in [-0.3, -0.25) is 0 Å². The van der Waals surface area contributed by atoms with Crippen LogP contribution in [0.15, 0.2) is 36.4 Å². The van der Waals surface area contributed by atoms with Crippen LogP contribution in [-0.4, -0.2) is 13.1 Å². The van der Waals surface area contributed by atoms with E-state index in [4.69, 9.17) is 5.26 Å². The van der Waals surface area contributed by atoms with Crippen LogP contribution in [0.5, 0.6) is 0 Å². The molecule has 2 heteroatoms. The SMILES string of the molecule is Cc1ccc2cc(CCNCC(C)(C)C#N)ccc2c1. The maximum Gasteiger partial charge on any atom is 0.0697 e. The number of nitriles is 1. The Morgan fingerprint density at radius 1 is 1.10 bits per heavy atom. The van der Waals surface area contributed by atoms with E-state index in [1.807, 2.05) is 13.8 Å². The molecule has 0 aromatic heterocycles. The molecule has 0 aliphatic rings. The lowest BCUT2D eigenvalue weighted by molar-refractivity contribution is 0.447. The summed E-state index contributed by atoms with van der Waals surface area (Å²) in [4.78, 5) is 0. The lowest BCUT2D eigenvalue weighted by Gasteiger charge is -2.15. The molecule has 1 N–H and O–H groups in total. The summed E-state index contributed by atoms with van der Waals surface area (Å²) in [6.45, 7) is 7.67. The smallest absolute Gasteiger partial charge is 0.0697 e. The van der Waals surface area contributed by atoms with Crippen molar-refractivity contribution in [2.75, 3.05) is 13.1 Å². The molecule has 0 saturated heterocycles. The summed E-state index contributed by atoms with van der Waals surface area (Å²) >= 11 is 0. The van der Waals surface area contributed by atoms with Crippen LogP contribution in [-0.2, 0) is 6.42 Å². The second-order valence-electron chi connectivity index (χ2n) is 6.11. The van der Waals surface area contributed by atoms with E-state index in [1.54, 1.807) is 0 Å². The Labute approximate surface area is 121 Å². The molecule has 0 unspecified atom stereocenters. The fourth-order valence-corrected chi connectivity index (χ4v) is 2.24. The van der Waals surface area contributed by atoms with Crippen LogP contribution in [0.25, 0.3) is 10.8 Å². The lowest BCUT2D eigenvalue weighted by Crippen LogP contribution is -2.29. The zero-order valence-corrected chi connectivity index (χ0v) is 12.5. The number of nitrogens with zero attached hydrogens (tertiary/aromatic N) is 1. The maximum atomic E-state index is 8.96. The minimum atomic E-state index is -0.291. The molecule has 0 saturated carbocycles. The van der Waals surface area contributed by atoms with E-state index < -0.39 is 0 Å². The molecule has 0 atom stereocenters. The summed E-state index contributed by atoms with van der Waals surface area (Å²) in [6, 6.07) is 15.5. The molecule has 0 aliphatic heterocycles. The van der Waals surface area contributed by atoms with Gasteiger partial charge in [0.15, 0.2) is 0 Å². The van der Waals surface area contributed by atoms with Gasteiger partial charge >= 0.3 is 0 Å². The third-order valence-electron chi connectivity index (χ3n) is 3.52. The molecule has 2 rings (SSSR count). The monoisotopic (exact) mass is 266 g/mol. The van der Waals surface area contributed by atoms with Crippen molar-refractivity contribution in [3.05, 3.63) is 47.5 Å². The van der Waals surface area contributed by atoms with Gasteiger partial charge in [-0.2, -0.15) is 5.26 Å². The standard InChI is InChI=1S/C18H22N2/c1-14-4-6-17-11-15(5-7-16(17)10-14)8-9-20-13-18(2,3)12-19/h4-7,10-11,20H,8-9,13H2,1-3H3.